The van der Waals surface area contributed by atoms with Crippen molar-refractivity contribution in [2.75, 3.05) is 7.05 Å². The standard InChI is InChI=1S/C19H18ClN3O2S/c1-13(26-16-10-8-15(20)9-11-16)19(24)23(2)12-17-21-18(22-25-17)14-6-4-3-5-7-14/h3-11,13H,12H2,1-2H3/t13-/m1/s1. The number of thioether (sulfide) groups is 1. The van der Waals surface area contributed by atoms with Crippen LogP contribution in [0, 0.1) is 0 Å². The number of aromatic nitrogens is 2. The highest BCUT2D eigenvalue weighted by Gasteiger charge is 2.21. The molecule has 1 atom stereocenters. The number of carbonyl (C=O) groups is 1. The van der Waals surface area contributed by atoms with Gasteiger partial charge in [0, 0.05) is 22.5 Å². The summed E-state index contributed by atoms with van der Waals surface area (Å²) in [5.41, 5.74) is 0.878. The Balaban J connectivity index is 1.60. The summed E-state index contributed by atoms with van der Waals surface area (Å²) in [5.74, 6) is 0.915. The maximum atomic E-state index is 12.6. The zero-order valence-electron chi connectivity index (χ0n) is 14.4. The van der Waals surface area contributed by atoms with Gasteiger partial charge in [-0.1, -0.05) is 47.1 Å². The molecule has 0 aliphatic rings. The van der Waals surface area contributed by atoms with Crippen molar-refractivity contribution in [3.05, 3.63) is 65.5 Å². The molecule has 0 bridgehead atoms. The second-order valence-electron chi connectivity index (χ2n) is 5.79. The van der Waals surface area contributed by atoms with Crippen LogP contribution in [0.15, 0.2) is 64.0 Å². The van der Waals surface area contributed by atoms with Crippen LogP contribution in [0.4, 0.5) is 0 Å². The van der Waals surface area contributed by atoms with Crippen molar-refractivity contribution in [1.29, 1.82) is 0 Å². The summed E-state index contributed by atoms with van der Waals surface area (Å²) in [6.45, 7) is 2.14. The topological polar surface area (TPSA) is 59.2 Å². The van der Waals surface area contributed by atoms with Crippen LogP contribution >= 0.6 is 23.4 Å². The zero-order chi connectivity index (χ0) is 18.5. The maximum absolute atomic E-state index is 12.6. The first-order valence-corrected chi connectivity index (χ1v) is 9.34. The molecular formula is C19H18ClN3O2S. The van der Waals surface area contributed by atoms with Gasteiger partial charge in [0.05, 0.1) is 11.8 Å². The van der Waals surface area contributed by atoms with Crippen LogP contribution < -0.4 is 0 Å². The van der Waals surface area contributed by atoms with Crippen LogP contribution in [-0.2, 0) is 11.3 Å². The van der Waals surface area contributed by atoms with Crippen molar-refractivity contribution >= 4 is 29.3 Å². The smallest absolute Gasteiger partial charge is 0.246 e. The van der Waals surface area contributed by atoms with Gasteiger partial charge in [0.1, 0.15) is 0 Å². The Morgan fingerprint density at radius 3 is 2.58 bits per heavy atom. The van der Waals surface area contributed by atoms with Crippen LogP contribution in [0.2, 0.25) is 5.02 Å². The van der Waals surface area contributed by atoms with Gasteiger partial charge in [-0.05, 0) is 31.2 Å². The highest BCUT2D eigenvalue weighted by molar-refractivity contribution is 8.00. The lowest BCUT2D eigenvalue weighted by Gasteiger charge is -2.19. The third-order valence-electron chi connectivity index (χ3n) is 3.72. The van der Waals surface area contributed by atoms with E-state index in [0.717, 1.165) is 10.5 Å². The molecule has 7 heteroatoms. The molecule has 0 unspecified atom stereocenters. The number of hydrogen-bond donors (Lipinski definition) is 0. The number of halogens is 1. The first-order valence-electron chi connectivity index (χ1n) is 8.08. The van der Waals surface area contributed by atoms with Crippen molar-refractivity contribution in [2.45, 2.75) is 23.6 Å². The molecule has 1 amide bonds. The van der Waals surface area contributed by atoms with E-state index in [-0.39, 0.29) is 17.7 Å². The van der Waals surface area contributed by atoms with Gasteiger partial charge in [-0.3, -0.25) is 4.79 Å². The van der Waals surface area contributed by atoms with Gasteiger partial charge in [0.15, 0.2) is 0 Å². The molecule has 0 aliphatic carbocycles. The fourth-order valence-corrected chi connectivity index (χ4v) is 3.49. The number of carbonyl (C=O) groups excluding carboxylic acids is 1. The van der Waals surface area contributed by atoms with E-state index in [2.05, 4.69) is 10.1 Å². The Labute approximate surface area is 161 Å². The Morgan fingerprint density at radius 2 is 1.88 bits per heavy atom. The van der Waals surface area contributed by atoms with Crippen LogP contribution in [0.3, 0.4) is 0 Å². The lowest BCUT2D eigenvalue weighted by Crippen LogP contribution is -2.32. The average molecular weight is 388 g/mol. The van der Waals surface area contributed by atoms with Crippen molar-refractivity contribution in [3.63, 3.8) is 0 Å². The molecule has 3 aromatic rings. The minimum atomic E-state index is -0.238. The van der Waals surface area contributed by atoms with Gasteiger partial charge in [0.25, 0.3) is 0 Å². The van der Waals surface area contributed by atoms with E-state index in [1.54, 1.807) is 11.9 Å². The molecule has 0 saturated carbocycles. The van der Waals surface area contributed by atoms with E-state index in [9.17, 15) is 4.79 Å². The molecule has 0 fully saturated rings. The SMILES string of the molecule is C[C@@H](Sc1ccc(Cl)cc1)C(=O)N(C)Cc1nc(-c2ccccc2)no1. The van der Waals surface area contributed by atoms with Crippen LogP contribution in [0.25, 0.3) is 11.4 Å². The summed E-state index contributed by atoms with van der Waals surface area (Å²) >= 11 is 7.37. The normalized spacial score (nSPS) is 12.0. The number of amides is 1. The molecule has 0 radical (unpaired) electrons. The summed E-state index contributed by atoms with van der Waals surface area (Å²) in [4.78, 5) is 19.5. The zero-order valence-corrected chi connectivity index (χ0v) is 16.0. The minimum absolute atomic E-state index is 0.00980. The molecule has 2 aromatic carbocycles. The van der Waals surface area contributed by atoms with Crippen LogP contribution in [0.5, 0.6) is 0 Å². The first-order chi connectivity index (χ1) is 12.5. The van der Waals surface area contributed by atoms with E-state index >= 15 is 0 Å². The number of nitrogens with zero attached hydrogens (tertiary/aromatic N) is 3. The minimum Gasteiger partial charge on any atom is -0.337 e. The van der Waals surface area contributed by atoms with Crippen LogP contribution in [0.1, 0.15) is 12.8 Å². The highest BCUT2D eigenvalue weighted by atomic mass is 35.5. The summed E-state index contributed by atoms with van der Waals surface area (Å²) in [7, 11) is 1.73. The van der Waals surface area contributed by atoms with Crippen molar-refractivity contribution in [2.24, 2.45) is 0 Å². The Bertz CT molecular complexity index is 868. The van der Waals surface area contributed by atoms with Crippen LogP contribution in [-0.4, -0.2) is 33.2 Å². The lowest BCUT2D eigenvalue weighted by atomic mass is 10.2. The van der Waals surface area contributed by atoms with Crippen molar-refractivity contribution in [3.8, 4) is 11.4 Å². The van der Waals surface area contributed by atoms with E-state index in [4.69, 9.17) is 16.1 Å². The molecule has 0 saturated heterocycles. The maximum Gasteiger partial charge on any atom is 0.246 e. The van der Waals surface area contributed by atoms with Gasteiger partial charge in [-0.15, -0.1) is 11.8 Å². The lowest BCUT2D eigenvalue weighted by molar-refractivity contribution is -0.129. The molecule has 0 aliphatic heterocycles. The van der Waals surface area contributed by atoms with Gasteiger partial charge in [-0.25, -0.2) is 0 Å². The van der Waals surface area contributed by atoms with Gasteiger partial charge in [0.2, 0.25) is 17.6 Å². The second-order valence-corrected chi connectivity index (χ2v) is 7.64. The highest BCUT2D eigenvalue weighted by Crippen LogP contribution is 2.26. The number of benzene rings is 2. The number of rotatable bonds is 6. The molecule has 0 spiro atoms. The van der Waals surface area contributed by atoms with Gasteiger partial charge >= 0.3 is 0 Å². The summed E-state index contributed by atoms with van der Waals surface area (Å²) in [5, 5.41) is 4.42. The summed E-state index contributed by atoms with van der Waals surface area (Å²) in [6, 6.07) is 17.0. The van der Waals surface area contributed by atoms with E-state index < -0.39 is 0 Å². The fraction of sp³-hybridized carbons (Fsp3) is 0.211. The molecule has 1 aromatic heterocycles. The van der Waals surface area contributed by atoms with Crippen molar-refractivity contribution < 1.29 is 9.32 Å². The third-order valence-corrected chi connectivity index (χ3v) is 5.07. The largest absolute Gasteiger partial charge is 0.337 e. The third kappa shape index (κ3) is 4.65. The Hall–Kier alpha value is -2.31. The molecule has 134 valence electrons. The fourth-order valence-electron chi connectivity index (χ4n) is 2.38. The Morgan fingerprint density at radius 1 is 1.19 bits per heavy atom. The van der Waals surface area contributed by atoms with E-state index in [0.29, 0.717) is 16.7 Å². The van der Waals surface area contributed by atoms with E-state index in [1.807, 2.05) is 61.5 Å². The first kappa shape index (κ1) is 18.5. The molecule has 5 nitrogen and oxygen atoms in total. The summed E-state index contributed by atoms with van der Waals surface area (Å²) in [6.07, 6.45) is 0. The predicted octanol–water partition coefficient (Wildman–Crippen LogP) is 4.53. The quantitative estimate of drug-likeness (QED) is 0.581. The molecule has 0 N–H and O–H groups in total. The second kappa shape index (κ2) is 8.38. The summed E-state index contributed by atoms with van der Waals surface area (Å²) < 4.78 is 5.27. The monoisotopic (exact) mass is 387 g/mol. The molecule has 26 heavy (non-hydrogen) atoms. The predicted molar refractivity (Wildman–Crippen MR) is 103 cm³/mol. The molecular weight excluding hydrogens is 370 g/mol. The van der Waals surface area contributed by atoms with E-state index in [1.165, 1.54) is 11.8 Å². The Kier molecular flexibility index (Phi) is 5.96. The van der Waals surface area contributed by atoms with Gasteiger partial charge < -0.3 is 9.42 Å². The van der Waals surface area contributed by atoms with Gasteiger partial charge in [-0.2, -0.15) is 4.98 Å². The van der Waals surface area contributed by atoms with Crippen molar-refractivity contribution in [1.82, 2.24) is 15.0 Å². The average Bonchev–Trinajstić information content (AvgIpc) is 3.12. The number of hydrogen-bond acceptors (Lipinski definition) is 5. The molecule has 3 rings (SSSR count). The molecule has 1 heterocycles.